The summed E-state index contributed by atoms with van der Waals surface area (Å²) in [5.41, 5.74) is 1.45. The van der Waals surface area contributed by atoms with Gasteiger partial charge in [0.2, 0.25) is 0 Å². The molecule has 12 heavy (non-hydrogen) atoms. The normalized spacial score (nSPS) is 15.3. The number of allylic oxidation sites excluding steroid dienone is 2. The molecular weight excluding hydrogens is 148 g/mol. The zero-order valence-electron chi connectivity index (χ0n) is 8.80. The average Bonchev–Trinajstić information content (AvgIpc) is 1.84. The Bertz CT molecular complexity index is 134. The van der Waals surface area contributed by atoms with Crippen molar-refractivity contribution in [3.8, 4) is 0 Å². The summed E-state index contributed by atoms with van der Waals surface area (Å²) in [5, 5.41) is 9.02. The lowest BCUT2D eigenvalue weighted by Crippen LogP contribution is -1.97. The van der Waals surface area contributed by atoms with E-state index in [-0.39, 0.29) is 6.10 Å². The van der Waals surface area contributed by atoms with Crippen LogP contribution in [0.2, 0.25) is 0 Å². The smallest absolute Gasteiger partial charge is 0.0515 e. The van der Waals surface area contributed by atoms with Crippen molar-refractivity contribution in [3.63, 3.8) is 0 Å². The van der Waals surface area contributed by atoms with Gasteiger partial charge in [-0.3, -0.25) is 0 Å². The highest BCUT2D eigenvalue weighted by Crippen LogP contribution is 2.11. The molecule has 0 aromatic heterocycles. The molecule has 0 aromatic rings. The number of aliphatic hydroxyl groups is 1. The van der Waals surface area contributed by atoms with Crippen LogP contribution in [-0.2, 0) is 0 Å². The maximum absolute atomic E-state index is 9.02. The Kier molecular flexibility index (Phi) is 6.09. The first-order valence-electron chi connectivity index (χ1n) is 4.86. The molecule has 0 aromatic carbocycles. The summed E-state index contributed by atoms with van der Waals surface area (Å²) >= 11 is 0. The monoisotopic (exact) mass is 170 g/mol. The predicted octanol–water partition coefficient (Wildman–Crippen LogP) is 3.14. The molecule has 1 N–H and O–H groups in total. The molecule has 0 fully saturated rings. The van der Waals surface area contributed by atoms with E-state index < -0.39 is 0 Å². The molecule has 0 spiro atoms. The summed E-state index contributed by atoms with van der Waals surface area (Å²) in [6.45, 7) is 8.46. The highest BCUT2D eigenvalue weighted by atomic mass is 16.3. The maximum atomic E-state index is 9.02. The van der Waals surface area contributed by atoms with Gasteiger partial charge in [0.1, 0.15) is 0 Å². The van der Waals surface area contributed by atoms with Crippen molar-refractivity contribution in [2.75, 3.05) is 0 Å². The van der Waals surface area contributed by atoms with Crippen molar-refractivity contribution in [3.05, 3.63) is 11.6 Å². The molecule has 1 atom stereocenters. The summed E-state index contributed by atoms with van der Waals surface area (Å²) in [7, 11) is 0. The van der Waals surface area contributed by atoms with Crippen molar-refractivity contribution in [2.45, 2.75) is 53.1 Å². The summed E-state index contributed by atoms with van der Waals surface area (Å²) in [4.78, 5) is 0. The largest absolute Gasteiger partial charge is 0.393 e. The van der Waals surface area contributed by atoms with Gasteiger partial charge in [-0.15, -0.1) is 0 Å². The predicted molar refractivity (Wildman–Crippen MR) is 54.1 cm³/mol. The van der Waals surface area contributed by atoms with Crippen LogP contribution in [0.3, 0.4) is 0 Å². The second-order valence-corrected chi connectivity index (χ2v) is 4.07. The molecule has 72 valence electrons. The van der Waals surface area contributed by atoms with E-state index in [9.17, 15) is 0 Å². The fourth-order valence-corrected chi connectivity index (χ4v) is 1.30. The molecule has 1 nitrogen and oxygen atoms in total. The van der Waals surface area contributed by atoms with E-state index >= 15 is 0 Å². The van der Waals surface area contributed by atoms with Gasteiger partial charge in [-0.25, -0.2) is 0 Å². The second-order valence-electron chi connectivity index (χ2n) is 4.07. The third-order valence-corrected chi connectivity index (χ3v) is 1.81. The Balaban J connectivity index is 3.55. The van der Waals surface area contributed by atoms with Crippen LogP contribution in [0.4, 0.5) is 0 Å². The molecule has 0 saturated heterocycles. The lowest BCUT2D eigenvalue weighted by Gasteiger charge is -2.05. The standard InChI is InChI=1S/C11H22O/c1-9(2)8-10(3)6-5-7-11(4)12/h6,9,11-12H,5,7-8H2,1-4H3. The van der Waals surface area contributed by atoms with Gasteiger partial charge in [0.05, 0.1) is 6.10 Å². The number of hydrogen-bond donors (Lipinski definition) is 1. The van der Waals surface area contributed by atoms with Crippen molar-refractivity contribution in [1.29, 1.82) is 0 Å². The van der Waals surface area contributed by atoms with Crippen LogP contribution >= 0.6 is 0 Å². The highest BCUT2D eigenvalue weighted by molar-refractivity contribution is 4.98. The Labute approximate surface area is 76.5 Å². The van der Waals surface area contributed by atoms with Gasteiger partial charge < -0.3 is 5.11 Å². The van der Waals surface area contributed by atoms with Gasteiger partial charge in [-0.2, -0.15) is 0 Å². The summed E-state index contributed by atoms with van der Waals surface area (Å²) in [6, 6.07) is 0. The van der Waals surface area contributed by atoms with Gasteiger partial charge in [0.15, 0.2) is 0 Å². The molecule has 0 aliphatic heterocycles. The van der Waals surface area contributed by atoms with E-state index in [4.69, 9.17) is 5.11 Å². The van der Waals surface area contributed by atoms with Crippen LogP contribution in [0.5, 0.6) is 0 Å². The van der Waals surface area contributed by atoms with Crippen molar-refractivity contribution >= 4 is 0 Å². The van der Waals surface area contributed by atoms with Gasteiger partial charge >= 0.3 is 0 Å². The number of rotatable bonds is 5. The minimum absolute atomic E-state index is 0.159. The fraction of sp³-hybridized carbons (Fsp3) is 0.818. The maximum Gasteiger partial charge on any atom is 0.0515 e. The van der Waals surface area contributed by atoms with Gasteiger partial charge in [-0.1, -0.05) is 25.5 Å². The van der Waals surface area contributed by atoms with Crippen LogP contribution in [0, 0.1) is 5.92 Å². The lowest BCUT2D eigenvalue weighted by atomic mass is 10.0. The first-order chi connectivity index (χ1) is 5.52. The lowest BCUT2D eigenvalue weighted by molar-refractivity contribution is 0.186. The van der Waals surface area contributed by atoms with Crippen molar-refractivity contribution < 1.29 is 5.11 Å². The van der Waals surface area contributed by atoms with E-state index in [0.29, 0.717) is 0 Å². The number of hydrogen-bond acceptors (Lipinski definition) is 1. The van der Waals surface area contributed by atoms with E-state index in [1.54, 1.807) is 0 Å². The molecule has 1 unspecified atom stereocenters. The second kappa shape index (κ2) is 6.24. The molecular formula is C11H22O. The Morgan fingerprint density at radius 2 is 1.92 bits per heavy atom. The first-order valence-corrected chi connectivity index (χ1v) is 4.86. The third kappa shape index (κ3) is 7.80. The van der Waals surface area contributed by atoms with Gasteiger partial charge in [0.25, 0.3) is 0 Å². The number of aliphatic hydroxyl groups excluding tert-OH is 1. The summed E-state index contributed by atoms with van der Waals surface area (Å²) in [5.74, 6) is 0.743. The van der Waals surface area contributed by atoms with E-state index in [1.165, 1.54) is 12.0 Å². The van der Waals surface area contributed by atoms with Gasteiger partial charge in [-0.05, 0) is 39.0 Å². The first kappa shape index (κ1) is 11.7. The van der Waals surface area contributed by atoms with Crippen LogP contribution < -0.4 is 0 Å². The molecule has 0 aliphatic carbocycles. The van der Waals surface area contributed by atoms with Crippen LogP contribution in [0.25, 0.3) is 0 Å². The zero-order chi connectivity index (χ0) is 9.56. The molecule has 0 bridgehead atoms. The van der Waals surface area contributed by atoms with Crippen molar-refractivity contribution in [1.82, 2.24) is 0 Å². The quantitative estimate of drug-likeness (QED) is 0.628. The van der Waals surface area contributed by atoms with Crippen LogP contribution in [0.15, 0.2) is 11.6 Å². The minimum Gasteiger partial charge on any atom is -0.393 e. The van der Waals surface area contributed by atoms with Crippen molar-refractivity contribution in [2.24, 2.45) is 5.92 Å². The SMILES string of the molecule is CC(=CCCC(C)O)CC(C)C. The van der Waals surface area contributed by atoms with E-state index in [1.807, 2.05) is 6.92 Å². The van der Waals surface area contributed by atoms with Crippen LogP contribution in [-0.4, -0.2) is 11.2 Å². The van der Waals surface area contributed by atoms with Crippen LogP contribution in [0.1, 0.15) is 47.0 Å². The van der Waals surface area contributed by atoms with E-state index in [2.05, 4.69) is 26.8 Å². The fourth-order valence-electron chi connectivity index (χ4n) is 1.30. The zero-order valence-corrected chi connectivity index (χ0v) is 8.80. The molecule has 0 aliphatic rings. The minimum atomic E-state index is -0.159. The Morgan fingerprint density at radius 3 is 2.33 bits per heavy atom. The topological polar surface area (TPSA) is 20.2 Å². The Hall–Kier alpha value is -0.300. The van der Waals surface area contributed by atoms with E-state index in [0.717, 1.165) is 18.8 Å². The average molecular weight is 170 g/mol. The molecule has 0 heterocycles. The summed E-state index contributed by atoms with van der Waals surface area (Å²) in [6.07, 6.45) is 5.16. The molecule has 0 radical (unpaired) electrons. The molecule has 0 rings (SSSR count). The Morgan fingerprint density at radius 1 is 1.33 bits per heavy atom. The van der Waals surface area contributed by atoms with Gasteiger partial charge in [0, 0.05) is 0 Å². The highest BCUT2D eigenvalue weighted by Gasteiger charge is 1.96. The third-order valence-electron chi connectivity index (χ3n) is 1.81. The summed E-state index contributed by atoms with van der Waals surface area (Å²) < 4.78 is 0. The molecule has 0 saturated carbocycles. The molecule has 0 amide bonds. The molecule has 1 heteroatoms.